The van der Waals surface area contributed by atoms with Gasteiger partial charge in [-0.1, -0.05) is 24.3 Å². The molecule has 26 heavy (non-hydrogen) atoms. The first-order valence-electron chi connectivity index (χ1n) is 8.38. The van der Waals surface area contributed by atoms with Gasteiger partial charge in [0.1, 0.15) is 11.0 Å². The van der Waals surface area contributed by atoms with E-state index in [1.165, 1.54) is 6.07 Å². The largest absolute Gasteiger partial charge is 0.312 e. The van der Waals surface area contributed by atoms with Gasteiger partial charge in [-0.05, 0) is 36.6 Å². The van der Waals surface area contributed by atoms with Gasteiger partial charge in [0.05, 0.1) is 22.4 Å². The van der Waals surface area contributed by atoms with E-state index in [1.807, 2.05) is 24.3 Å². The minimum atomic E-state index is -3.61. The number of aromatic nitrogens is 2. The molecule has 0 unspecified atom stereocenters. The monoisotopic (exact) mass is 387 g/mol. The fourth-order valence-electron chi connectivity index (χ4n) is 3.29. The van der Waals surface area contributed by atoms with Gasteiger partial charge < -0.3 is 4.90 Å². The number of hydrogen-bond acceptors (Lipinski definition) is 6. The highest BCUT2D eigenvalue weighted by atomic mass is 32.2. The third-order valence-corrected chi connectivity index (χ3v) is 6.86. The second kappa shape index (κ2) is 6.77. The lowest BCUT2D eigenvalue weighted by Gasteiger charge is -2.29. The third-order valence-electron chi connectivity index (χ3n) is 4.58. The van der Waals surface area contributed by atoms with Crippen LogP contribution in [0.25, 0.3) is 11.0 Å². The lowest BCUT2D eigenvalue weighted by Crippen LogP contribution is -2.36. The molecule has 0 saturated carbocycles. The summed E-state index contributed by atoms with van der Waals surface area (Å²) in [7, 11) is -3.61. The second-order valence-corrected chi connectivity index (χ2v) is 8.84. The van der Waals surface area contributed by atoms with E-state index < -0.39 is 9.84 Å². The van der Waals surface area contributed by atoms with E-state index in [-0.39, 0.29) is 23.0 Å². The summed E-state index contributed by atoms with van der Waals surface area (Å²) in [6, 6.07) is 12.7. The molecular weight excluding hydrogens is 370 g/mol. The van der Waals surface area contributed by atoms with Gasteiger partial charge in [-0.2, -0.15) is 8.75 Å². The van der Waals surface area contributed by atoms with Gasteiger partial charge in [0.15, 0.2) is 9.84 Å². The molecule has 0 N–H and O–H groups in total. The zero-order valence-corrected chi connectivity index (χ0v) is 15.6. The van der Waals surface area contributed by atoms with Crippen molar-refractivity contribution in [2.24, 2.45) is 0 Å². The average molecular weight is 387 g/mol. The number of benzene rings is 2. The molecule has 1 aromatic heterocycles. The van der Waals surface area contributed by atoms with Crippen LogP contribution in [0.2, 0.25) is 0 Å². The lowest BCUT2D eigenvalue weighted by atomic mass is 10.0. The third kappa shape index (κ3) is 3.10. The van der Waals surface area contributed by atoms with Crippen LogP contribution in [-0.4, -0.2) is 35.4 Å². The van der Waals surface area contributed by atoms with Gasteiger partial charge >= 0.3 is 0 Å². The van der Waals surface area contributed by atoms with Gasteiger partial charge in [0.2, 0.25) is 5.91 Å². The van der Waals surface area contributed by atoms with Crippen LogP contribution in [0, 0.1) is 0 Å². The smallest absolute Gasteiger partial charge is 0.228 e. The summed E-state index contributed by atoms with van der Waals surface area (Å²) >= 11 is 0.983. The van der Waals surface area contributed by atoms with Crippen molar-refractivity contribution >= 4 is 44.2 Å². The quantitative estimate of drug-likeness (QED) is 0.688. The highest BCUT2D eigenvalue weighted by Gasteiger charge is 2.25. The van der Waals surface area contributed by atoms with Crippen molar-refractivity contribution in [3.8, 4) is 0 Å². The first-order chi connectivity index (χ1) is 12.6. The van der Waals surface area contributed by atoms with Gasteiger partial charge in [0.25, 0.3) is 0 Å². The van der Waals surface area contributed by atoms with Crippen molar-refractivity contribution < 1.29 is 13.2 Å². The fraction of sp³-hybridized carbons (Fsp3) is 0.278. The summed E-state index contributed by atoms with van der Waals surface area (Å²) < 4.78 is 33.7. The molecule has 0 spiro atoms. The highest BCUT2D eigenvalue weighted by Crippen LogP contribution is 2.28. The molecule has 0 fully saturated rings. The Morgan fingerprint density at radius 2 is 1.96 bits per heavy atom. The molecule has 0 radical (unpaired) electrons. The normalized spacial score (nSPS) is 14.4. The van der Waals surface area contributed by atoms with Crippen molar-refractivity contribution in [3.05, 3.63) is 48.0 Å². The fourth-order valence-corrected chi connectivity index (χ4v) is 5.29. The van der Waals surface area contributed by atoms with Crippen LogP contribution in [0.1, 0.15) is 18.4 Å². The van der Waals surface area contributed by atoms with Gasteiger partial charge in [-0.3, -0.25) is 4.79 Å². The van der Waals surface area contributed by atoms with Crippen LogP contribution in [0.4, 0.5) is 5.69 Å². The molecule has 0 aliphatic carbocycles. The van der Waals surface area contributed by atoms with Crippen LogP contribution in [-0.2, 0) is 21.1 Å². The highest BCUT2D eigenvalue weighted by molar-refractivity contribution is 7.91. The maximum Gasteiger partial charge on any atom is 0.228 e. The van der Waals surface area contributed by atoms with Crippen LogP contribution >= 0.6 is 11.7 Å². The van der Waals surface area contributed by atoms with E-state index in [0.717, 1.165) is 35.8 Å². The summed E-state index contributed by atoms with van der Waals surface area (Å²) in [5.41, 5.74) is 2.97. The topological polar surface area (TPSA) is 80.2 Å². The zero-order chi connectivity index (χ0) is 18.1. The van der Waals surface area contributed by atoms with E-state index in [1.54, 1.807) is 17.0 Å². The number of carbonyl (C=O) groups excluding carboxylic acids is 1. The maximum atomic E-state index is 12.7. The van der Waals surface area contributed by atoms with Crippen LogP contribution < -0.4 is 4.90 Å². The average Bonchev–Trinajstić information content (AvgIpc) is 3.14. The minimum Gasteiger partial charge on any atom is -0.312 e. The van der Waals surface area contributed by atoms with Crippen LogP contribution in [0.5, 0.6) is 0 Å². The van der Waals surface area contributed by atoms with Gasteiger partial charge in [-0.25, -0.2) is 8.42 Å². The molecule has 3 aromatic rings. The van der Waals surface area contributed by atoms with Crippen molar-refractivity contribution in [1.82, 2.24) is 8.75 Å². The molecule has 1 aliphatic rings. The number of rotatable bonds is 4. The molecule has 2 aromatic carbocycles. The molecule has 2 heterocycles. The Morgan fingerprint density at radius 1 is 1.12 bits per heavy atom. The molecule has 0 atom stereocenters. The Labute approximate surface area is 155 Å². The summed E-state index contributed by atoms with van der Waals surface area (Å²) in [5, 5.41) is 0. The van der Waals surface area contributed by atoms with E-state index in [0.29, 0.717) is 17.6 Å². The molecule has 134 valence electrons. The number of amides is 1. The van der Waals surface area contributed by atoms with E-state index in [4.69, 9.17) is 0 Å². The predicted octanol–water partition coefficient (Wildman–Crippen LogP) is 2.83. The Kier molecular flexibility index (Phi) is 4.46. The van der Waals surface area contributed by atoms with E-state index in [2.05, 4.69) is 8.75 Å². The number of para-hydroxylation sites is 1. The maximum absolute atomic E-state index is 12.7. The van der Waals surface area contributed by atoms with E-state index >= 15 is 0 Å². The molecular formula is C18H17N3O3S2. The van der Waals surface area contributed by atoms with Gasteiger partial charge in [0, 0.05) is 18.7 Å². The summed E-state index contributed by atoms with van der Waals surface area (Å²) in [4.78, 5) is 14.5. The van der Waals surface area contributed by atoms with Crippen molar-refractivity contribution in [3.63, 3.8) is 0 Å². The first-order valence-corrected chi connectivity index (χ1v) is 10.8. The number of hydrogen-bond donors (Lipinski definition) is 0. The number of anilines is 1. The van der Waals surface area contributed by atoms with Crippen molar-refractivity contribution in [1.29, 1.82) is 0 Å². The standard InChI is InChI=1S/C18H17N3O3S2/c22-17(21-11-4-6-13-5-1-2-8-15(13)21)10-12-26(23,24)16-9-3-7-14-18(16)20-25-19-14/h1-3,5,7-9H,4,6,10-12H2. The molecule has 1 aliphatic heterocycles. The molecule has 4 rings (SSSR count). The lowest BCUT2D eigenvalue weighted by molar-refractivity contribution is -0.118. The number of sulfone groups is 1. The van der Waals surface area contributed by atoms with Crippen LogP contribution in [0.15, 0.2) is 47.4 Å². The Morgan fingerprint density at radius 3 is 2.85 bits per heavy atom. The molecule has 1 amide bonds. The predicted molar refractivity (Wildman–Crippen MR) is 101 cm³/mol. The molecule has 0 saturated heterocycles. The zero-order valence-electron chi connectivity index (χ0n) is 14.0. The Hall–Kier alpha value is -2.32. The Balaban J connectivity index is 1.54. The molecule has 8 heteroatoms. The second-order valence-electron chi connectivity index (χ2n) is 6.23. The summed E-state index contributed by atoms with van der Waals surface area (Å²) in [5.74, 6) is -0.398. The number of nitrogens with zero attached hydrogens (tertiary/aromatic N) is 3. The summed E-state index contributed by atoms with van der Waals surface area (Å²) in [6.45, 7) is 0.626. The molecule has 0 bridgehead atoms. The molecule has 6 nitrogen and oxygen atoms in total. The first kappa shape index (κ1) is 17.1. The Bertz CT molecular complexity index is 1080. The summed E-state index contributed by atoms with van der Waals surface area (Å²) in [6.07, 6.45) is 1.78. The van der Waals surface area contributed by atoms with Crippen molar-refractivity contribution in [2.45, 2.75) is 24.2 Å². The van der Waals surface area contributed by atoms with Crippen molar-refractivity contribution in [2.75, 3.05) is 17.2 Å². The van der Waals surface area contributed by atoms with Crippen LogP contribution in [0.3, 0.4) is 0 Å². The number of fused-ring (bicyclic) bond motifs is 2. The minimum absolute atomic E-state index is 0.0510. The number of carbonyl (C=O) groups is 1. The van der Waals surface area contributed by atoms with E-state index in [9.17, 15) is 13.2 Å². The van der Waals surface area contributed by atoms with Gasteiger partial charge in [-0.15, -0.1) is 0 Å². The SMILES string of the molecule is O=C(CCS(=O)(=O)c1cccc2nsnc12)N1CCCc2ccccc21. The number of aryl methyl sites for hydroxylation is 1.